The lowest BCUT2D eigenvalue weighted by atomic mass is 10.0. The Morgan fingerprint density at radius 1 is 1.38 bits per heavy atom. The van der Waals surface area contributed by atoms with E-state index in [1.54, 1.807) is 23.5 Å². The molecule has 24 heavy (non-hydrogen) atoms. The van der Waals surface area contributed by atoms with Crippen LogP contribution in [0.25, 0.3) is 0 Å². The second kappa shape index (κ2) is 6.28. The maximum Gasteiger partial charge on any atom is 0.226 e. The van der Waals surface area contributed by atoms with E-state index in [0.29, 0.717) is 0 Å². The van der Waals surface area contributed by atoms with Gasteiger partial charge >= 0.3 is 0 Å². The third kappa shape index (κ3) is 2.97. The van der Waals surface area contributed by atoms with Crippen molar-refractivity contribution >= 4 is 17.2 Å². The van der Waals surface area contributed by atoms with Crippen LogP contribution in [0.2, 0.25) is 0 Å². The molecule has 2 heterocycles. The molecule has 1 saturated heterocycles. The maximum atomic E-state index is 13.4. The van der Waals surface area contributed by atoms with Gasteiger partial charge in [0.05, 0.1) is 6.04 Å². The van der Waals surface area contributed by atoms with Crippen LogP contribution < -0.4 is 0 Å². The van der Waals surface area contributed by atoms with Gasteiger partial charge in [0.2, 0.25) is 5.91 Å². The highest BCUT2D eigenvalue weighted by atomic mass is 32.1. The van der Waals surface area contributed by atoms with E-state index in [1.807, 2.05) is 17.9 Å². The molecule has 0 spiro atoms. The summed E-state index contributed by atoms with van der Waals surface area (Å²) < 4.78 is 13.4. The summed E-state index contributed by atoms with van der Waals surface area (Å²) in [6.45, 7) is 2.81. The Kier molecular flexibility index (Phi) is 4.12. The number of likely N-dealkylation sites (tertiary alicyclic amines) is 1. The molecule has 2 aromatic rings. The van der Waals surface area contributed by atoms with Gasteiger partial charge in [-0.2, -0.15) is 0 Å². The first-order valence-electron chi connectivity index (χ1n) is 8.61. The van der Waals surface area contributed by atoms with Crippen molar-refractivity contribution in [2.75, 3.05) is 6.54 Å². The van der Waals surface area contributed by atoms with E-state index in [9.17, 15) is 9.18 Å². The number of amides is 1. The third-order valence-electron chi connectivity index (χ3n) is 5.09. The van der Waals surface area contributed by atoms with E-state index in [2.05, 4.69) is 10.4 Å². The van der Waals surface area contributed by atoms with Crippen LogP contribution in [0.3, 0.4) is 0 Å². The number of nitrogens with zero attached hydrogens (tertiary/aromatic N) is 2. The number of piperidine rings is 1. The van der Waals surface area contributed by atoms with Gasteiger partial charge in [-0.3, -0.25) is 4.79 Å². The van der Waals surface area contributed by atoms with E-state index >= 15 is 0 Å². The molecule has 0 N–H and O–H groups in total. The summed E-state index contributed by atoms with van der Waals surface area (Å²) in [6, 6.07) is 6.80. The molecular formula is C19H21FN2OS. The summed E-state index contributed by atoms with van der Waals surface area (Å²) >= 11 is 1.65. The fraction of sp³-hybridized carbons (Fsp3) is 0.474. The van der Waals surface area contributed by atoms with Crippen molar-refractivity contribution in [3.63, 3.8) is 0 Å². The lowest BCUT2D eigenvalue weighted by Crippen LogP contribution is -2.39. The molecule has 126 valence electrons. The van der Waals surface area contributed by atoms with Crippen molar-refractivity contribution in [3.05, 3.63) is 51.7 Å². The number of carbonyl (C=O) groups excluding carboxylic acids is 1. The minimum Gasteiger partial charge on any atom is -0.333 e. The molecule has 1 amide bonds. The number of hydrogen-bond acceptors (Lipinski definition) is 3. The Balaban J connectivity index is 1.51. The Morgan fingerprint density at radius 3 is 3.00 bits per heavy atom. The second-order valence-electron chi connectivity index (χ2n) is 6.87. The number of hydrogen-bond donors (Lipinski definition) is 0. The van der Waals surface area contributed by atoms with Gasteiger partial charge in [-0.05, 0) is 56.2 Å². The molecule has 2 fully saturated rings. The van der Waals surface area contributed by atoms with E-state index < -0.39 is 0 Å². The summed E-state index contributed by atoms with van der Waals surface area (Å²) in [5, 5.41) is 3.11. The quantitative estimate of drug-likeness (QED) is 0.824. The van der Waals surface area contributed by atoms with Crippen molar-refractivity contribution in [3.8, 4) is 0 Å². The highest BCUT2D eigenvalue weighted by molar-refractivity contribution is 7.09. The normalized spacial score (nSPS) is 26.4. The zero-order valence-electron chi connectivity index (χ0n) is 13.7. The number of rotatable bonds is 3. The topological polar surface area (TPSA) is 33.2 Å². The minimum atomic E-state index is -0.222. The van der Waals surface area contributed by atoms with E-state index in [4.69, 9.17) is 0 Å². The Hall–Kier alpha value is -1.75. The fourth-order valence-corrected chi connectivity index (χ4v) is 4.71. The van der Waals surface area contributed by atoms with Gasteiger partial charge in [0, 0.05) is 23.5 Å². The van der Waals surface area contributed by atoms with Crippen LogP contribution in [0.4, 0.5) is 4.39 Å². The number of benzene rings is 1. The van der Waals surface area contributed by atoms with Gasteiger partial charge in [-0.25, -0.2) is 9.37 Å². The molecule has 0 unspecified atom stereocenters. The average molecular weight is 344 g/mol. The van der Waals surface area contributed by atoms with Crippen molar-refractivity contribution < 1.29 is 9.18 Å². The fourth-order valence-electron chi connectivity index (χ4n) is 3.76. The molecule has 1 aromatic heterocycles. The van der Waals surface area contributed by atoms with Gasteiger partial charge < -0.3 is 4.90 Å². The van der Waals surface area contributed by atoms with Crippen LogP contribution in [-0.4, -0.2) is 22.3 Å². The number of aryl methyl sites for hydroxylation is 1. The lowest BCUT2D eigenvalue weighted by Gasteiger charge is -2.35. The van der Waals surface area contributed by atoms with Gasteiger partial charge in [-0.1, -0.05) is 12.1 Å². The van der Waals surface area contributed by atoms with E-state index in [0.717, 1.165) is 48.5 Å². The molecule has 1 aliphatic carbocycles. The monoisotopic (exact) mass is 344 g/mol. The molecule has 1 aliphatic heterocycles. The van der Waals surface area contributed by atoms with Gasteiger partial charge in [-0.15, -0.1) is 11.3 Å². The van der Waals surface area contributed by atoms with Gasteiger partial charge in [0.15, 0.2) is 0 Å². The summed E-state index contributed by atoms with van der Waals surface area (Å²) in [5.74, 6) is 0.184. The number of carbonyl (C=O) groups is 1. The van der Waals surface area contributed by atoms with Crippen molar-refractivity contribution in [2.45, 2.75) is 44.6 Å². The van der Waals surface area contributed by atoms with Crippen LogP contribution >= 0.6 is 11.3 Å². The van der Waals surface area contributed by atoms with Crippen LogP contribution in [0.15, 0.2) is 29.6 Å². The minimum absolute atomic E-state index is 0.00783. The first kappa shape index (κ1) is 15.8. The predicted molar refractivity (Wildman–Crippen MR) is 92.4 cm³/mol. The predicted octanol–water partition coefficient (Wildman–Crippen LogP) is 4.45. The molecule has 0 bridgehead atoms. The Labute approximate surface area is 145 Å². The standard InChI is InChI=1S/C19H21FN2OS/c1-12-11-24-18(21-12)17-7-2-3-8-22(17)19(23)16-10-15(16)13-5-4-6-14(20)9-13/h4-6,9,11,15-17H,2-3,7-8,10H2,1H3/t15-,16+,17-/m0/s1. The maximum absolute atomic E-state index is 13.4. The Bertz CT molecular complexity index is 759. The smallest absolute Gasteiger partial charge is 0.226 e. The van der Waals surface area contributed by atoms with E-state index in [-0.39, 0.29) is 29.6 Å². The zero-order chi connectivity index (χ0) is 16.7. The van der Waals surface area contributed by atoms with Crippen LogP contribution in [0.5, 0.6) is 0 Å². The molecular weight excluding hydrogens is 323 g/mol. The first-order chi connectivity index (χ1) is 11.6. The van der Waals surface area contributed by atoms with Crippen LogP contribution in [-0.2, 0) is 4.79 Å². The van der Waals surface area contributed by atoms with Gasteiger partial charge in [0.1, 0.15) is 10.8 Å². The van der Waals surface area contributed by atoms with Crippen LogP contribution in [0, 0.1) is 18.7 Å². The first-order valence-corrected chi connectivity index (χ1v) is 9.49. The number of thiazole rings is 1. The van der Waals surface area contributed by atoms with Crippen LogP contribution in [0.1, 0.15) is 53.9 Å². The van der Waals surface area contributed by atoms with E-state index in [1.165, 1.54) is 6.07 Å². The third-order valence-corrected chi connectivity index (χ3v) is 6.16. The highest BCUT2D eigenvalue weighted by Gasteiger charge is 2.47. The molecule has 0 radical (unpaired) electrons. The number of halogens is 1. The number of aromatic nitrogens is 1. The summed E-state index contributed by atoms with van der Waals surface area (Å²) in [4.78, 5) is 19.7. The second-order valence-corrected chi connectivity index (χ2v) is 7.76. The molecule has 3 atom stereocenters. The molecule has 4 rings (SSSR count). The molecule has 2 aliphatic rings. The summed E-state index contributed by atoms with van der Waals surface area (Å²) in [7, 11) is 0. The summed E-state index contributed by atoms with van der Waals surface area (Å²) in [5.41, 5.74) is 1.98. The van der Waals surface area contributed by atoms with Crippen molar-refractivity contribution in [1.82, 2.24) is 9.88 Å². The lowest BCUT2D eigenvalue weighted by molar-refractivity contribution is -0.136. The largest absolute Gasteiger partial charge is 0.333 e. The SMILES string of the molecule is Cc1csc([C@@H]2CCCCN2C(=O)[C@@H]2C[C@H]2c2cccc(F)c2)n1. The zero-order valence-corrected chi connectivity index (χ0v) is 14.6. The molecule has 5 heteroatoms. The van der Waals surface area contributed by atoms with Gasteiger partial charge in [0.25, 0.3) is 0 Å². The van der Waals surface area contributed by atoms with Crippen molar-refractivity contribution in [1.29, 1.82) is 0 Å². The highest BCUT2D eigenvalue weighted by Crippen LogP contribution is 2.50. The Morgan fingerprint density at radius 2 is 2.25 bits per heavy atom. The van der Waals surface area contributed by atoms with Crippen molar-refractivity contribution in [2.24, 2.45) is 5.92 Å². The summed E-state index contributed by atoms with van der Waals surface area (Å²) in [6.07, 6.45) is 4.04. The average Bonchev–Trinajstić information content (AvgIpc) is 3.28. The molecule has 1 saturated carbocycles. The molecule has 3 nitrogen and oxygen atoms in total. The molecule has 1 aromatic carbocycles.